The highest BCUT2D eigenvalue weighted by atomic mass is 35.5. The van der Waals surface area contributed by atoms with E-state index >= 15 is 0 Å². The summed E-state index contributed by atoms with van der Waals surface area (Å²) in [6.07, 6.45) is 2.78. The molecule has 0 aromatic heterocycles. The molecule has 28 heavy (non-hydrogen) atoms. The van der Waals surface area contributed by atoms with Gasteiger partial charge in [0.2, 0.25) is 21.8 Å². The molecule has 160 valence electrons. The summed E-state index contributed by atoms with van der Waals surface area (Å²) in [7, 11) is -3.69. The molecule has 0 saturated carbocycles. The summed E-state index contributed by atoms with van der Waals surface area (Å²) in [5.74, 6) is -1.02. The van der Waals surface area contributed by atoms with Crippen LogP contribution in [0.4, 0.5) is 0 Å². The van der Waals surface area contributed by atoms with Crippen molar-refractivity contribution in [3.63, 3.8) is 0 Å². The average Bonchev–Trinajstić information content (AvgIpc) is 2.95. The minimum Gasteiger partial charge on any atom is -0.329 e. The second-order valence-corrected chi connectivity index (χ2v) is 11.5. The second-order valence-electron chi connectivity index (χ2n) is 9.65. The van der Waals surface area contributed by atoms with Crippen molar-refractivity contribution < 1.29 is 18.0 Å². The van der Waals surface area contributed by atoms with Crippen LogP contribution in [-0.2, 0) is 19.6 Å². The number of sulfonamides is 1. The molecule has 2 amide bonds. The Morgan fingerprint density at radius 1 is 1.25 bits per heavy atom. The molecule has 0 radical (unpaired) electrons. The predicted octanol–water partition coefficient (Wildman–Crippen LogP) is 1.55. The van der Waals surface area contributed by atoms with Gasteiger partial charge in [-0.05, 0) is 17.4 Å². The Morgan fingerprint density at radius 3 is 2.29 bits per heavy atom. The molecular formula is C19H32ClN3O4S. The molecule has 0 spiro atoms. The number of carbonyl (C=O) groups excluding carboxylic acids is 2. The first kappa shape index (κ1) is 23.2. The fourth-order valence-corrected chi connectivity index (χ4v) is 5.57. The molecule has 3 aliphatic rings. The molecule has 3 heterocycles. The monoisotopic (exact) mass is 433 g/mol. The average molecular weight is 434 g/mol. The zero-order chi connectivity index (χ0) is 20.3. The van der Waals surface area contributed by atoms with Gasteiger partial charge in [-0.15, -0.1) is 12.4 Å². The SMILES string of the molecule is CC(C)[C@H]1C(=O)N(S(C)(=O)=O)C2=CCN(C(=O)C3CN(CC(C)(C)C)C3)[C@@H]21.Cl. The van der Waals surface area contributed by atoms with E-state index in [2.05, 4.69) is 25.7 Å². The van der Waals surface area contributed by atoms with Crippen LogP contribution in [0.5, 0.6) is 0 Å². The van der Waals surface area contributed by atoms with E-state index < -0.39 is 27.9 Å². The number of halogens is 1. The first-order valence-electron chi connectivity index (χ1n) is 9.58. The van der Waals surface area contributed by atoms with Gasteiger partial charge < -0.3 is 9.80 Å². The van der Waals surface area contributed by atoms with E-state index in [-0.39, 0.29) is 35.6 Å². The van der Waals surface area contributed by atoms with Crippen molar-refractivity contribution >= 4 is 34.2 Å². The van der Waals surface area contributed by atoms with Gasteiger partial charge in [-0.1, -0.05) is 34.6 Å². The molecule has 0 N–H and O–H groups in total. The maximum Gasteiger partial charge on any atom is 0.246 e. The maximum absolute atomic E-state index is 13.1. The molecule has 9 heteroatoms. The van der Waals surface area contributed by atoms with Crippen LogP contribution in [-0.4, -0.2) is 72.8 Å². The summed E-state index contributed by atoms with van der Waals surface area (Å²) in [4.78, 5) is 29.9. The van der Waals surface area contributed by atoms with Crippen LogP contribution in [0.25, 0.3) is 0 Å². The molecule has 3 aliphatic heterocycles. The molecule has 2 fully saturated rings. The van der Waals surface area contributed by atoms with Gasteiger partial charge in [0.15, 0.2) is 0 Å². The molecule has 3 rings (SSSR count). The van der Waals surface area contributed by atoms with Gasteiger partial charge in [-0.25, -0.2) is 12.7 Å². The Bertz CT molecular complexity index is 781. The van der Waals surface area contributed by atoms with Crippen molar-refractivity contribution in [1.29, 1.82) is 0 Å². The second kappa shape index (κ2) is 7.61. The van der Waals surface area contributed by atoms with E-state index in [9.17, 15) is 18.0 Å². The minimum absolute atomic E-state index is 0. The Hall–Kier alpha value is -1.12. The van der Waals surface area contributed by atoms with Crippen LogP contribution in [0.15, 0.2) is 11.8 Å². The number of hydrogen-bond acceptors (Lipinski definition) is 5. The fourth-order valence-electron chi connectivity index (χ4n) is 4.56. The zero-order valence-electron chi connectivity index (χ0n) is 17.5. The number of amides is 2. The normalized spacial score (nSPS) is 26.2. The minimum atomic E-state index is -3.69. The summed E-state index contributed by atoms with van der Waals surface area (Å²) in [5.41, 5.74) is 0.646. The summed E-state index contributed by atoms with van der Waals surface area (Å²) in [6, 6.07) is -0.462. The van der Waals surface area contributed by atoms with Crippen LogP contribution in [0.1, 0.15) is 34.6 Å². The maximum atomic E-state index is 13.1. The first-order valence-corrected chi connectivity index (χ1v) is 11.4. The third-order valence-electron chi connectivity index (χ3n) is 5.53. The molecular weight excluding hydrogens is 402 g/mol. The number of rotatable bonds is 4. The Kier molecular flexibility index (Phi) is 6.30. The van der Waals surface area contributed by atoms with E-state index in [0.29, 0.717) is 12.2 Å². The first-order chi connectivity index (χ1) is 12.3. The van der Waals surface area contributed by atoms with Gasteiger partial charge in [-0.3, -0.25) is 9.59 Å². The quantitative estimate of drug-likeness (QED) is 0.672. The molecule has 7 nitrogen and oxygen atoms in total. The third kappa shape index (κ3) is 4.09. The third-order valence-corrected chi connectivity index (χ3v) is 6.59. The van der Waals surface area contributed by atoms with Crippen molar-refractivity contribution in [3.05, 3.63) is 11.8 Å². The van der Waals surface area contributed by atoms with Crippen molar-refractivity contribution in [2.45, 2.75) is 40.7 Å². The van der Waals surface area contributed by atoms with Gasteiger partial charge in [0.1, 0.15) is 0 Å². The number of nitrogens with zero attached hydrogens (tertiary/aromatic N) is 3. The number of hydrogen-bond donors (Lipinski definition) is 0. The fraction of sp³-hybridized carbons (Fsp3) is 0.789. The lowest BCUT2D eigenvalue weighted by Crippen LogP contribution is -2.57. The lowest BCUT2D eigenvalue weighted by atomic mass is 9.87. The molecule has 0 bridgehead atoms. The van der Waals surface area contributed by atoms with Crippen LogP contribution in [0, 0.1) is 23.2 Å². The van der Waals surface area contributed by atoms with E-state index in [1.165, 1.54) is 0 Å². The highest BCUT2D eigenvalue weighted by molar-refractivity contribution is 7.89. The topological polar surface area (TPSA) is 78.0 Å². The molecule has 0 aliphatic carbocycles. The number of fused-ring (bicyclic) bond motifs is 1. The van der Waals surface area contributed by atoms with Crippen molar-refractivity contribution in [2.24, 2.45) is 23.2 Å². The summed E-state index contributed by atoms with van der Waals surface area (Å²) in [6.45, 7) is 13.1. The Morgan fingerprint density at radius 2 is 1.82 bits per heavy atom. The van der Waals surface area contributed by atoms with E-state index in [1.807, 2.05) is 13.8 Å². The lowest BCUT2D eigenvalue weighted by Gasteiger charge is -2.44. The van der Waals surface area contributed by atoms with Crippen LogP contribution >= 0.6 is 12.4 Å². The lowest BCUT2D eigenvalue weighted by molar-refractivity contribution is -0.143. The highest BCUT2D eigenvalue weighted by Gasteiger charge is 2.55. The zero-order valence-corrected chi connectivity index (χ0v) is 19.1. The van der Waals surface area contributed by atoms with Gasteiger partial charge in [0, 0.05) is 26.2 Å². The molecule has 0 aromatic rings. The Balaban J connectivity index is 0.00000280. The van der Waals surface area contributed by atoms with E-state index in [4.69, 9.17) is 0 Å². The predicted molar refractivity (Wildman–Crippen MR) is 110 cm³/mol. The van der Waals surface area contributed by atoms with Gasteiger partial charge in [-0.2, -0.15) is 0 Å². The smallest absolute Gasteiger partial charge is 0.246 e. The van der Waals surface area contributed by atoms with E-state index in [0.717, 1.165) is 30.2 Å². The van der Waals surface area contributed by atoms with Crippen LogP contribution in [0.3, 0.4) is 0 Å². The number of likely N-dealkylation sites (tertiary alicyclic amines) is 1. The van der Waals surface area contributed by atoms with E-state index in [1.54, 1.807) is 11.0 Å². The van der Waals surface area contributed by atoms with Crippen molar-refractivity contribution in [1.82, 2.24) is 14.1 Å². The summed E-state index contributed by atoms with van der Waals surface area (Å²) < 4.78 is 25.2. The standard InChI is InChI=1S/C19H31N3O4S.ClH/c1-12(2)15-16-14(22(18(15)24)27(6,25)26)7-8-21(16)17(23)13-9-20(10-13)11-19(3,4)5;/h7,12-13,15-16H,8-11H2,1-6H3;1H/t15-,16+;/m1./s1. The van der Waals surface area contributed by atoms with Crippen molar-refractivity contribution in [2.75, 3.05) is 32.4 Å². The molecule has 2 saturated heterocycles. The summed E-state index contributed by atoms with van der Waals surface area (Å²) in [5, 5.41) is 0. The van der Waals surface area contributed by atoms with Crippen molar-refractivity contribution in [3.8, 4) is 0 Å². The Labute approximate surface area is 174 Å². The summed E-state index contributed by atoms with van der Waals surface area (Å²) >= 11 is 0. The van der Waals surface area contributed by atoms with Gasteiger partial charge in [0.05, 0.1) is 29.8 Å². The number of carbonyl (C=O) groups is 2. The van der Waals surface area contributed by atoms with Gasteiger partial charge in [0.25, 0.3) is 0 Å². The van der Waals surface area contributed by atoms with Crippen LogP contribution < -0.4 is 0 Å². The molecule has 0 unspecified atom stereocenters. The van der Waals surface area contributed by atoms with Gasteiger partial charge >= 0.3 is 0 Å². The van der Waals surface area contributed by atoms with Crippen LogP contribution in [0.2, 0.25) is 0 Å². The molecule has 0 aromatic carbocycles. The highest BCUT2D eigenvalue weighted by Crippen LogP contribution is 2.42. The largest absolute Gasteiger partial charge is 0.329 e. The molecule has 2 atom stereocenters.